The van der Waals surface area contributed by atoms with Crippen LogP contribution in [0.5, 0.6) is 0 Å². The van der Waals surface area contributed by atoms with Crippen molar-refractivity contribution in [1.82, 2.24) is 4.98 Å². The Morgan fingerprint density at radius 1 is 1.33 bits per heavy atom. The van der Waals surface area contributed by atoms with E-state index in [1.54, 1.807) is 0 Å². The number of nitro benzene ring substituents is 1. The van der Waals surface area contributed by atoms with Crippen LogP contribution in [0.15, 0.2) is 30.5 Å². The number of carboxylic acid groups (broad SMARTS) is 1. The van der Waals surface area contributed by atoms with Crippen molar-refractivity contribution in [1.29, 1.82) is 0 Å². The molecule has 0 radical (unpaired) electrons. The lowest BCUT2D eigenvalue weighted by atomic mass is 10.0. The molecule has 2 aromatic rings. The van der Waals surface area contributed by atoms with Gasteiger partial charge >= 0.3 is 12.1 Å². The minimum Gasteiger partial charge on any atom is -0.481 e. The van der Waals surface area contributed by atoms with Crippen LogP contribution in [0.1, 0.15) is 11.1 Å². The minimum absolute atomic E-state index is 0.0423. The molecule has 0 atom stereocenters. The molecule has 0 saturated heterocycles. The molecule has 0 bridgehead atoms. The molecule has 1 heterocycles. The predicted molar refractivity (Wildman–Crippen MR) is 77.7 cm³/mol. The Labute approximate surface area is 137 Å². The van der Waals surface area contributed by atoms with Crippen molar-refractivity contribution in [3.8, 4) is 11.3 Å². The Morgan fingerprint density at radius 2 is 2.00 bits per heavy atom. The molecular weight excluding hydrogens is 353 g/mol. The van der Waals surface area contributed by atoms with Gasteiger partial charge in [0.25, 0.3) is 5.69 Å². The highest BCUT2D eigenvalue weighted by atomic mass is 35.5. The zero-order chi connectivity index (χ0) is 18.1. The summed E-state index contributed by atoms with van der Waals surface area (Å²) >= 11 is 5.80. The Morgan fingerprint density at radius 3 is 2.50 bits per heavy atom. The first-order chi connectivity index (χ1) is 11.1. The van der Waals surface area contributed by atoms with Gasteiger partial charge in [0.2, 0.25) is 0 Å². The number of alkyl halides is 3. The van der Waals surface area contributed by atoms with E-state index in [1.165, 1.54) is 12.1 Å². The predicted octanol–water partition coefficient (Wildman–Crippen LogP) is 3.96. The summed E-state index contributed by atoms with van der Waals surface area (Å²) in [6.07, 6.45) is -4.62. The molecule has 2 rings (SSSR count). The number of carboxylic acids is 1. The number of hydrogen-bond acceptors (Lipinski definition) is 4. The van der Waals surface area contributed by atoms with E-state index >= 15 is 0 Å². The number of aliphatic carboxylic acids is 1. The second-order valence-electron chi connectivity index (χ2n) is 4.72. The summed E-state index contributed by atoms with van der Waals surface area (Å²) in [5.41, 5.74) is -1.54. The van der Waals surface area contributed by atoms with Crippen LogP contribution in [0.2, 0.25) is 5.02 Å². The van der Waals surface area contributed by atoms with Gasteiger partial charge in [0.15, 0.2) is 0 Å². The van der Waals surface area contributed by atoms with Crippen LogP contribution in [0, 0.1) is 10.1 Å². The molecule has 1 aromatic carbocycles. The molecule has 0 spiro atoms. The summed E-state index contributed by atoms with van der Waals surface area (Å²) in [5.74, 6) is -1.25. The van der Waals surface area contributed by atoms with Crippen LogP contribution < -0.4 is 0 Å². The fourth-order valence-electron chi connectivity index (χ4n) is 2.00. The number of nitrogens with zero attached hydrogens (tertiary/aromatic N) is 2. The normalized spacial score (nSPS) is 11.3. The lowest BCUT2D eigenvalue weighted by Gasteiger charge is -2.10. The standard InChI is InChI=1S/C14H8ClF3N2O4/c15-10-5-9(14(16,17)18)6-19-13(10)8-2-1-7(4-12(21)22)11(3-8)20(23)24/h1-3,5-6H,4H2,(H,21,22). The summed E-state index contributed by atoms with van der Waals surface area (Å²) in [7, 11) is 0. The SMILES string of the molecule is O=C(O)Cc1ccc(-c2ncc(C(F)(F)F)cc2Cl)cc1[N+](=O)[O-]. The summed E-state index contributed by atoms with van der Waals surface area (Å²) in [6, 6.07) is 4.21. The van der Waals surface area contributed by atoms with Gasteiger partial charge in [-0.1, -0.05) is 23.7 Å². The number of carbonyl (C=O) groups is 1. The van der Waals surface area contributed by atoms with Crippen LogP contribution in [0.4, 0.5) is 18.9 Å². The molecule has 0 aliphatic rings. The van der Waals surface area contributed by atoms with Crippen molar-refractivity contribution in [2.75, 3.05) is 0 Å². The van der Waals surface area contributed by atoms with E-state index in [0.717, 1.165) is 6.07 Å². The van der Waals surface area contributed by atoms with Crippen molar-refractivity contribution in [3.63, 3.8) is 0 Å². The van der Waals surface area contributed by atoms with Gasteiger partial charge in [-0.15, -0.1) is 0 Å². The van der Waals surface area contributed by atoms with Gasteiger partial charge in [0.1, 0.15) is 0 Å². The van der Waals surface area contributed by atoms with Crippen molar-refractivity contribution >= 4 is 23.3 Å². The minimum atomic E-state index is -4.62. The van der Waals surface area contributed by atoms with Gasteiger partial charge in [-0.2, -0.15) is 13.2 Å². The average molecular weight is 361 g/mol. The largest absolute Gasteiger partial charge is 0.481 e. The number of aromatic nitrogens is 1. The Balaban J connectivity index is 2.51. The summed E-state index contributed by atoms with van der Waals surface area (Å²) in [5, 5.41) is 19.5. The van der Waals surface area contributed by atoms with Gasteiger partial charge in [0, 0.05) is 23.4 Å². The van der Waals surface area contributed by atoms with Crippen molar-refractivity contribution < 1.29 is 28.0 Å². The molecule has 6 nitrogen and oxygen atoms in total. The fraction of sp³-hybridized carbons (Fsp3) is 0.143. The summed E-state index contributed by atoms with van der Waals surface area (Å²) < 4.78 is 37.8. The molecule has 1 N–H and O–H groups in total. The lowest BCUT2D eigenvalue weighted by Crippen LogP contribution is -2.06. The smallest absolute Gasteiger partial charge is 0.417 e. The Bertz CT molecular complexity index is 824. The zero-order valence-electron chi connectivity index (χ0n) is 11.7. The number of nitro groups is 1. The van der Waals surface area contributed by atoms with Crippen LogP contribution in [0.3, 0.4) is 0 Å². The third-order valence-electron chi connectivity index (χ3n) is 3.07. The molecule has 0 amide bonds. The van der Waals surface area contributed by atoms with Crippen LogP contribution in [-0.2, 0) is 17.4 Å². The molecule has 126 valence electrons. The number of pyridine rings is 1. The van der Waals surface area contributed by atoms with Gasteiger partial charge in [-0.25, -0.2) is 0 Å². The van der Waals surface area contributed by atoms with E-state index in [0.29, 0.717) is 12.3 Å². The average Bonchev–Trinajstić information content (AvgIpc) is 2.46. The van der Waals surface area contributed by atoms with Crippen LogP contribution in [-0.4, -0.2) is 21.0 Å². The number of halogens is 4. The first-order valence-corrected chi connectivity index (χ1v) is 6.69. The van der Waals surface area contributed by atoms with Crippen molar-refractivity contribution in [3.05, 3.63) is 56.7 Å². The summed E-state index contributed by atoms with van der Waals surface area (Å²) in [4.78, 5) is 24.6. The highest BCUT2D eigenvalue weighted by Gasteiger charge is 2.31. The highest BCUT2D eigenvalue weighted by molar-refractivity contribution is 6.33. The fourth-order valence-corrected chi connectivity index (χ4v) is 2.27. The van der Waals surface area contributed by atoms with Crippen LogP contribution >= 0.6 is 11.6 Å². The van der Waals surface area contributed by atoms with Crippen LogP contribution in [0.25, 0.3) is 11.3 Å². The molecule has 0 fully saturated rings. The maximum atomic E-state index is 12.6. The molecule has 0 aliphatic heterocycles. The van der Waals surface area contributed by atoms with E-state index < -0.39 is 34.7 Å². The van der Waals surface area contributed by atoms with Gasteiger partial charge in [-0.05, 0) is 6.07 Å². The molecule has 0 aliphatic carbocycles. The Kier molecular flexibility index (Phi) is 4.74. The molecule has 1 aromatic heterocycles. The molecular formula is C14H8ClF3N2O4. The van der Waals surface area contributed by atoms with Gasteiger partial charge in [-0.3, -0.25) is 19.9 Å². The highest BCUT2D eigenvalue weighted by Crippen LogP contribution is 2.35. The van der Waals surface area contributed by atoms with Gasteiger partial charge in [0.05, 0.1) is 27.6 Å². The molecule has 0 unspecified atom stereocenters. The maximum absolute atomic E-state index is 12.6. The number of hydrogen-bond donors (Lipinski definition) is 1. The quantitative estimate of drug-likeness (QED) is 0.658. The third kappa shape index (κ3) is 3.80. The molecule has 24 heavy (non-hydrogen) atoms. The van der Waals surface area contributed by atoms with E-state index in [2.05, 4.69) is 4.98 Å². The zero-order valence-corrected chi connectivity index (χ0v) is 12.4. The number of rotatable bonds is 4. The topological polar surface area (TPSA) is 93.3 Å². The monoisotopic (exact) mass is 360 g/mol. The molecule has 0 saturated carbocycles. The maximum Gasteiger partial charge on any atom is 0.417 e. The summed E-state index contributed by atoms with van der Waals surface area (Å²) in [6.45, 7) is 0. The Hall–Kier alpha value is -2.68. The van der Waals surface area contributed by atoms with Gasteiger partial charge < -0.3 is 5.11 Å². The van der Waals surface area contributed by atoms with E-state index in [-0.39, 0.29) is 21.8 Å². The van der Waals surface area contributed by atoms with E-state index in [1.807, 2.05) is 0 Å². The van der Waals surface area contributed by atoms with Crippen molar-refractivity contribution in [2.24, 2.45) is 0 Å². The van der Waals surface area contributed by atoms with Crippen molar-refractivity contribution in [2.45, 2.75) is 12.6 Å². The first-order valence-electron chi connectivity index (χ1n) is 6.32. The third-order valence-corrected chi connectivity index (χ3v) is 3.35. The van der Waals surface area contributed by atoms with E-state index in [4.69, 9.17) is 16.7 Å². The van der Waals surface area contributed by atoms with E-state index in [9.17, 15) is 28.1 Å². The second kappa shape index (κ2) is 6.44. The molecule has 10 heteroatoms. The lowest BCUT2D eigenvalue weighted by molar-refractivity contribution is -0.385. The first kappa shape index (κ1) is 17.7. The second-order valence-corrected chi connectivity index (χ2v) is 5.13. The number of benzene rings is 1.